The highest BCUT2D eigenvalue weighted by molar-refractivity contribution is 6.38. The molecule has 30 heavy (non-hydrogen) atoms. The van der Waals surface area contributed by atoms with Crippen molar-refractivity contribution in [2.24, 2.45) is 10.8 Å². The van der Waals surface area contributed by atoms with Crippen molar-refractivity contribution in [2.45, 2.75) is 33.3 Å². The summed E-state index contributed by atoms with van der Waals surface area (Å²) in [5, 5.41) is 5.54. The van der Waals surface area contributed by atoms with Gasteiger partial charge in [0, 0.05) is 12.8 Å². The number of nitrogens with two attached hydrogens (primary N) is 1. The maximum Gasteiger partial charge on any atom is 0.354 e. The molecule has 2 N–H and O–H groups in total. The van der Waals surface area contributed by atoms with E-state index in [-0.39, 0.29) is 37.7 Å². The molecule has 0 aliphatic carbocycles. The fraction of sp³-hybridized carbons (Fsp3) is 0.273. The highest BCUT2D eigenvalue weighted by Gasteiger charge is 2.27. The number of amides is 2. The number of hydrogen-bond donors (Lipinski definition) is 1. The molecular weight excluding hydrogens is 386 g/mol. The van der Waals surface area contributed by atoms with Crippen molar-refractivity contribution >= 4 is 29.2 Å². The Labute approximate surface area is 174 Å². The van der Waals surface area contributed by atoms with Gasteiger partial charge in [0.15, 0.2) is 6.61 Å². The molecule has 2 aromatic carbocycles. The lowest BCUT2D eigenvalue weighted by atomic mass is 10.1. The van der Waals surface area contributed by atoms with Crippen LogP contribution in [0.15, 0.2) is 47.6 Å². The van der Waals surface area contributed by atoms with E-state index in [4.69, 9.17) is 15.2 Å². The molecule has 8 heteroatoms. The zero-order chi connectivity index (χ0) is 21.7. The minimum absolute atomic E-state index is 0.00302. The van der Waals surface area contributed by atoms with Crippen LogP contribution in [0.5, 0.6) is 5.75 Å². The van der Waals surface area contributed by atoms with E-state index in [9.17, 15) is 14.4 Å². The zero-order valence-corrected chi connectivity index (χ0v) is 16.9. The van der Waals surface area contributed by atoms with Gasteiger partial charge in [0.05, 0.1) is 5.69 Å². The second-order valence-corrected chi connectivity index (χ2v) is 7.02. The second-order valence-electron chi connectivity index (χ2n) is 7.02. The average molecular weight is 409 g/mol. The number of primary amides is 1. The van der Waals surface area contributed by atoms with E-state index in [1.165, 1.54) is 5.01 Å². The van der Waals surface area contributed by atoms with Crippen LogP contribution in [0.4, 0.5) is 5.69 Å². The quantitative estimate of drug-likeness (QED) is 0.706. The summed E-state index contributed by atoms with van der Waals surface area (Å²) >= 11 is 0. The number of hydrazone groups is 1. The van der Waals surface area contributed by atoms with Gasteiger partial charge in [0.25, 0.3) is 5.91 Å². The topological polar surface area (TPSA) is 111 Å². The number of nitrogens with zero attached hydrogens (tertiary/aromatic N) is 2. The standard InChI is InChI=1S/C22H23N3O5/c1-14-6-7-15(2)19(10-14)25-21(27)9-8-18(24-25)22(28)30-12-16-4-3-5-17(11-16)29-13-20(23)26/h3-7,10-11H,8-9,12-13H2,1-2H3,(H2,23,26). The van der Waals surface area contributed by atoms with Gasteiger partial charge in [0.1, 0.15) is 18.1 Å². The summed E-state index contributed by atoms with van der Waals surface area (Å²) in [4.78, 5) is 35.7. The highest BCUT2D eigenvalue weighted by atomic mass is 16.5. The Kier molecular flexibility index (Phi) is 6.46. The van der Waals surface area contributed by atoms with Crippen LogP contribution in [0, 0.1) is 13.8 Å². The van der Waals surface area contributed by atoms with Crippen LogP contribution in [0.2, 0.25) is 0 Å². The number of hydrogen-bond acceptors (Lipinski definition) is 6. The summed E-state index contributed by atoms with van der Waals surface area (Å²) in [5.74, 6) is -0.880. The van der Waals surface area contributed by atoms with Gasteiger partial charge in [-0.25, -0.2) is 4.79 Å². The zero-order valence-electron chi connectivity index (χ0n) is 16.9. The molecule has 0 fully saturated rings. The number of benzene rings is 2. The SMILES string of the molecule is Cc1ccc(C)c(N2N=C(C(=O)OCc3cccc(OCC(N)=O)c3)CCC2=O)c1. The summed E-state index contributed by atoms with van der Waals surface area (Å²) in [6.45, 7) is 3.58. The minimum atomic E-state index is -0.582. The molecule has 0 radical (unpaired) electrons. The van der Waals surface area contributed by atoms with Crippen molar-refractivity contribution in [2.75, 3.05) is 11.6 Å². The molecular formula is C22H23N3O5. The normalized spacial score (nSPS) is 13.6. The van der Waals surface area contributed by atoms with Gasteiger partial charge in [-0.3, -0.25) is 9.59 Å². The molecule has 2 amide bonds. The van der Waals surface area contributed by atoms with Crippen LogP contribution in [0.3, 0.4) is 0 Å². The van der Waals surface area contributed by atoms with Crippen molar-refractivity contribution in [3.05, 3.63) is 59.2 Å². The monoisotopic (exact) mass is 409 g/mol. The van der Waals surface area contributed by atoms with E-state index in [1.54, 1.807) is 24.3 Å². The lowest BCUT2D eigenvalue weighted by Crippen LogP contribution is -2.35. The van der Waals surface area contributed by atoms with Gasteiger partial charge in [-0.2, -0.15) is 10.1 Å². The van der Waals surface area contributed by atoms with Gasteiger partial charge in [-0.15, -0.1) is 0 Å². The molecule has 1 aliphatic rings. The number of anilines is 1. The average Bonchev–Trinajstić information content (AvgIpc) is 2.73. The summed E-state index contributed by atoms with van der Waals surface area (Å²) in [6, 6.07) is 12.5. The third-order valence-corrected chi connectivity index (χ3v) is 4.51. The van der Waals surface area contributed by atoms with Gasteiger partial charge < -0.3 is 15.2 Å². The van der Waals surface area contributed by atoms with Crippen molar-refractivity contribution in [1.82, 2.24) is 0 Å². The third kappa shape index (κ3) is 5.22. The van der Waals surface area contributed by atoms with E-state index >= 15 is 0 Å². The van der Waals surface area contributed by atoms with Crippen molar-refractivity contribution in [1.29, 1.82) is 0 Å². The molecule has 0 atom stereocenters. The Morgan fingerprint density at radius 1 is 1.13 bits per heavy atom. The first-order chi connectivity index (χ1) is 14.3. The van der Waals surface area contributed by atoms with Gasteiger partial charge in [-0.1, -0.05) is 24.3 Å². The maximum absolute atomic E-state index is 12.5. The third-order valence-electron chi connectivity index (χ3n) is 4.51. The van der Waals surface area contributed by atoms with E-state index in [2.05, 4.69) is 5.10 Å². The smallest absolute Gasteiger partial charge is 0.354 e. The molecule has 0 aromatic heterocycles. The predicted octanol–water partition coefficient (Wildman–Crippen LogP) is 2.39. The number of aryl methyl sites for hydroxylation is 2. The summed E-state index contributed by atoms with van der Waals surface area (Å²) < 4.78 is 10.6. The summed E-state index contributed by atoms with van der Waals surface area (Å²) in [5.41, 5.74) is 8.48. The molecule has 0 unspecified atom stereocenters. The Balaban J connectivity index is 1.69. The van der Waals surface area contributed by atoms with Crippen molar-refractivity contribution in [3.8, 4) is 5.75 Å². The Morgan fingerprint density at radius 3 is 2.70 bits per heavy atom. The first kappa shape index (κ1) is 21.0. The van der Waals surface area contributed by atoms with E-state index in [1.807, 2.05) is 32.0 Å². The molecule has 0 saturated carbocycles. The fourth-order valence-electron chi connectivity index (χ4n) is 2.95. The van der Waals surface area contributed by atoms with Crippen molar-refractivity contribution < 1.29 is 23.9 Å². The number of esters is 1. The summed E-state index contributed by atoms with van der Waals surface area (Å²) in [7, 11) is 0. The number of carbonyl (C=O) groups is 3. The fourth-order valence-corrected chi connectivity index (χ4v) is 2.95. The Hall–Kier alpha value is -3.68. The van der Waals surface area contributed by atoms with E-state index in [0.29, 0.717) is 17.0 Å². The van der Waals surface area contributed by atoms with Crippen LogP contribution >= 0.6 is 0 Å². The molecule has 1 aliphatic heterocycles. The molecule has 0 spiro atoms. The predicted molar refractivity (Wildman–Crippen MR) is 111 cm³/mol. The van der Waals surface area contributed by atoms with E-state index in [0.717, 1.165) is 11.1 Å². The number of ether oxygens (including phenoxy) is 2. The molecule has 1 heterocycles. The largest absolute Gasteiger partial charge is 0.484 e. The van der Waals surface area contributed by atoms with Crippen LogP contribution in [0.1, 0.15) is 29.5 Å². The second kappa shape index (κ2) is 9.21. The number of rotatable bonds is 7. The minimum Gasteiger partial charge on any atom is -0.484 e. The van der Waals surface area contributed by atoms with E-state index < -0.39 is 11.9 Å². The molecule has 0 bridgehead atoms. The number of carbonyl (C=O) groups excluding carboxylic acids is 3. The first-order valence-corrected chi connectivity index (χ1v) is 9.48. The Bertz CT molecular complexity index is 1020. The maximum atomic E-state index is 12.5. The molecule has 2 aromatic rings. The van der Waals surface area contributed by atoms with Gasteiger partial charge in [0.2, 0.25) is 5.91 Å². The molecule has 156 valence electrons. The van der Waals surface area contributed by atoms with Crippen molar-refractivity contribution in [3.63, 3.8) is 0 Å². The van der Waals surface area contributed by atoms with Gasteiger partial charge >= 0.3 is 5.97 Å². The van der Waals surface area contributed by atoms with Crippen LogP contribution in [-0.2, 0) is 25.7 Å². The van der Waals surface area contributed by atoms with Crippen LogP contribution in [-0.4, -0.2) is 30.1 Å². The van der Waals surface area contributed by atoms with Gasteiger partial charge in [-0.05, 0) is 48.7 Å². The lowest BCUT2D eigenvalue weighted by Gasteiger charge is -2.24. The lowest BCUT2D eigenvalue weighted by molar-refractivity contribution is -0.137. The Morgan fingerprint density at radius 2 is 1.93 bits per heavy atom. The summed E-state index contributed by atoms with van der Waals surface area (Å²) in [6.07, 6.45) is 0.401. The first-order valence-electron chi connectivity index (χ1n) is 9.48. The molecule has 3 rings (SSSR count). The van der Waals surface area contributed by atoms with Crippen LogP contribution in [0.25, 0.3) is 0 Å². The highest BCUT2D eigenvalue weighted by Crippen LogP contribution is 2.25. The molecule has 0 saturated heterocycles. The molecule has 8 nitrogen and oxygen atoms in total. The van der Waals surface area contributed by atoms with Crippen LogP contribution < -0.4 is 15.5 Å².